The van der Waals surface area contributed by atoms with Crippen molar-refractivity contribution in [2.45, 2.75) is 39.8 Å². The van der Waals surface area contributed by atoms with Gasteiger partial charge in [-0.25, -0.2) is 13.8 Å². The highest BCUT2D eigenvalue weighted by Gasteiger charge is 2.07. The normalized spacial score (nSPS) is 10.8. The van der Waals surface area contributed by atoms with Crippen LogP contribution in [0, 0.1) is 18.6 Å². The summed E-state index contributed by atoms with van der Waals surface area (Å²) in [6, 6.07) is 3.60. The highest BCUT2D eigenvalue weighted by Crippen LogP contribution is 2.14. The molecule has 20 heavy (non-hydrogen) atoms. The van der Waals surface area contributed by atoms with Gasteiger partial charge in [0.25, 0.3) is 0 Å². The van der Waals surface area contributed by atoms with Gasteiger partial charge in [-0.05, 0) is 19.4 Å². The van der Waals surface area contributed by atoms with E-state index in [9.17, 15) is 8.78 Å². The van der Waals surface area contributed by atoms with Crippen molar-refractivity contribution >= 4 is 5.95 Å². The van der Waals surface area contributed by atoms with Gasteiger partial charge < -0.3 is 9.88 Å². The summed E-state index contributed by atoms with van der Waals surface area (Å²) in [4.78, 5) is 4.38. The lowest BCUT2D eigenvalue weighted by Crippen LogP contribution is -2.08. The van der Waals surface area contributed by atoms with Crippen LogP contribution < -0.4 is 5.32 Å². The van der Waals surface area contributed by atoms with Gasteiger partial charge in [0.05, 0.1) is 5.69 Å². The van der Waals surface area contributed by atoms with Crippen LogP contribution in [-0.4, -0.2) is 9.55 Å². The Labute approximate surface area is 117 Å². The maximum Gasteiger partial charge on any atom is 0.203 e. The van der Waals surface area contributed by atoms with E-state index in [-0.39, 0.29) is 6.54 Å². The number of anilines is 1. The van der Waals surface area contributed by atoms with E-state index in [0.29, 0.717) is 5.56 Å². The number of hydrogen-bond donors (Lipinski definition) is 1. The Hall–Kier alpha value is -1.91. The van der Waals surface area contributed by atoms with E-state index in [1.54, 1.807) is 0 Å². The zero-order valence-electron chi connectivity index (χ0n) is 11.8. The van der Waals surface area contributed by atoms with Crippen LogP contribution in [0.2, 0.25) is 0 Å². The molecule has 0 radical (unpaired) electrons. The van der Waals surface area contributed by atoms with E-state index < -0.39 is 11.6 Å². The standard InChI is InChI=1S/C15H19F2N3/c1-3-4-7-20-10-11(2)19-15(20)18-9-12-5-6-13(16)8-14(12)17/h5-6,8,10H,3-4,7,9H2,1-2H3,(H,18,19). The molecule has 2 rings (SSSR count). The first-order valence-electron chi connectivity index (χ1n) is 6.81. The minimum Gasteiger partial charge on any atom is -0.351 e. The molecule has 2 aromatic rings. The second-order valence-electron chi connectivity index (χ2n) is 4.84. The third kappa shape index (κ3) is 3.56. The molecule has 0 aliphatic heterocycles. The van der Waals surface area contributed by atoms with E-state index in [0.717, 1.165) is 37.1 Å². The molecule has 1 aromatic carbocycles. The topological polar surface area (TPSA) is 29.9 Å². The number of benzene rings is 1. The predicted octanol–water partition coefficient (Wildman–Crippen LogP) is 3.88. The Morgan fingerprint density at radius 3 is 2.80 bits per heavy atom. The van der Waals surface area contributed by atoms with Gasteiger partial charge in [-0.3, -0.25) is 0 Å². The van der Waals surface area contributed by atoms with Crippen LogP contribution in [0.15, 0.2) is 24.4 Å². The fraction of sp³-hybridized carbons (Fsp3) is 0.400. The summed E-state index contributed by atoms with van der Waals surface area (Å²) in [5.41, 5.74) is 1.34. The summed E-state index contributed by atoms with van der Waals surface area (Å²) in [5, 5.41) is 3.11. The second kappa shape index (κ2) is 6.50. The number of aromatic nitrogens is 2. The van der Waals surface area contributed by atoms with Crippen LogP contribution in [0.5, 0.6) is 0 Å². The molecule has 0 saturated carbocycles. The quantitative estimate of drug-likeness (QED) is 0.869. The summed E-state index contributed by atoms with van der Waals surface area (Å²) in [7, 11) is 0. The molecule has 5 heteroatoms. The minimum atomic E-state index is -0.563. The van der Waals surface area contributed by atoms with Crippen molar-refractivity contribution in [3.63, 3.8) is 0 Å². The Morgan fingerprint density at radius 1 is 1.30 bits per heavy atom. The highest BCUT2D eigenvalue weighted by atomic mass is 19.1. The van der Waals surface area contributed by atoms with Crippen LogP contribution in [0.4, 0.5) is 14.7 Å². The molecule has 0 amide bonds. The fourth-order valence-electron chi connectivity index (χ4n) is 2.03. The van der Waals surface area contributed by atoms with Crippen molar-refractivity contribution in [3.05, 3.63) is 47.3 Å². The van der Waals surface area contributed by atoms with Gasteiger partial charge >= 0.3 is 0 Å². The Kier molecular flexibility index (Phi) is 4.71. The van der Waals surface area contributed by atoms with Gasteiger partial charge in [0, 0.05) is 30.9 Å². The smallest absolute Gasteiger partial charge is 0.203 e. The van der Waals surface area contributed by atoms with Gasteiger partial charge in [0.1, 0.15) is 11.6 Å². The minimum absolute atomic E-state index is 0.286. The molecule has 0 aliphatic carbocycles. The number of halogens is 2. The summed E-state index contributed by atoms with van der Waals surface area (Å²) < 4.78 is 28.4. The van der Waals surface area contributed by atoms with Crippen molar-refractivity contribution in [1.29, 1.82) is 0 Å². The molecule has 0 spiro atoms. The van der Waals surface area contributed by atoms with Crippen LogP contribution in [-0.2, 0) is 13.1 Å². The molecule has 1 N–H and O–H groups in total. The van der Waals surface area contributed by atoms with Gasteiger partial charge in [-0.1, -0.05) is 19.4 Å². The molecule has 0 unspecified atom stereocenters. The van der Waals surface area contributed by atoms with Gasteiger partial charge in [-0.2, -0.15) is 0 Å². The molecular formula is C15H19F2N3. The van der Waals surface area contributed by atoms with E-state index in [2.05, 4.69) is 17.2 Å². The lowest BCUT2D eigenvalue weighted by molar-refractivity contribution is 0.573. The highest BCUT2D eigenvalue weighted by molar-refractivity contribution is 5.31. The number of unbranched alkanes of at least 4 members (excludes halogenated alkanes) is 1. The number of nitrogens with zero attached hydrogens (tertiary/aromatic N) is 2. The van der Waals surface area contributed by atoms with Crippen LogP contribution in [0.1, 0.15) is 31.0 Å². The third-order valence-electron chi connectivity index (χ3n) is 3.10. The second-order valence-corrected chi connectivity index (χ2v) is 4.84. The lowest BCUT2D eigenvalue weighted by Gasteiger charge is -2.10. The zero-order valence-corrected chi connectivity index (χ0v) is 11.8. The fourth-order valence-corrected chi connectivity index (χ4v) is 2.03. The van der Waals surface area contributed by atoms with Crippen molar-refractivity contribution in [2.75, 3.05) is 5.32 Å². The first-order valence-corrected chi connectivity index (χ1v) is 6.81. The van der Waals surface area contributed by atoms with E-state index in [1.165, 1.54) is 12.1 Å². The molecule has 0 fully saturated rings. The Balaban J connectivity index is 2.06. The SMILES string of the molecule is CCCCn1cc(C)nc1NCc1ccc(F)cc1F. The number of nitrogens with one attached hydrogen (secondary N) is 1. The predicted molar refractivity (Wildman–Crippen MR) is 75.6 cm³/mol. The molecule has 0 aliphatic rings. The average molecular weight is 279 g/mol. The Morgan fingerprint density at radius 2 is 2.10 bits per heavy atom. The molecular weight excluding hydrogens is 260 g/mol. The lowest BCUT2D eigenvalue weighted by atomic mass is 10.2. The molecule has 3 nitrogen and oxygen atoms in total. The van der Waals surface area contributed by atoms with Gasteiger partial charge in [0.15, 0.2) is 0 Å². The summed E-state index contributed by atoms with van der Waals surface area (Å²) in [5.74, 6) is -0.382. The molecule has 1 aromatic heterocycles. The number of imidazole rings is 1. The molecule has 1 heterocycles. The monoisotopic (exact) mass is 279 g/mol. The van der Waals surface area contributed by atoms with Crippen molar-refractivity contribution in [3.8, 4) is 0 Å². The zero-order chi connectivity index (χ0) is 14.5. The van der Waals surface area contributed by atoms with Gasteiger partial charge in [-0.15, -0.1) is 0 Å². The van der Waals surface area contributed by atoms with E-state index in [4.69, 9.17) is 0 Å². The molecule has 0 atom stereocenters. The maximum atomic E-state index is 13.6. The third-order valence-corrected chi connectivity index (χ3v) is 3.10. The number of rotatable bonds is 6. The molecule has 108 valence electrons. The maximum absolute atomic E-state index is 13.6. The van der Waals surface area contributed by atoms with Crippen LogP contribution in [0.3, 0.4) is 0 Å². The van der Waals surface area contributed by atoms with E-state index >= 15 is 0 Å². The van der Waals surface area contributed by atoms with Crippen LogP contribution >= 0.6 is 0 Å². The summed E-state index contributed by atoms with van der Waals surface area (Å²) in [6.45, 7) is 5.22. The van der Waals surface area contributed by atoms with Crippen molar-refractivity contribution in [1.82, 2.24) is 9.55 Å². The van der Waals surface area contributed by atoms with E-state index in [1.807, 2.05) is 17.7 Å². The summed E-state index contributed by atoms with van der Waals surface area (Å²) in [6.07, 6.45) is 4.14. The number of hydrogen-bond acceptors (Lipinski definition) is 2. The first kappa shape index (κ1) is 14.5. The summed E-state index contributed by atoms with van der Waals surface area (Å²) >= 11 is 0. The largest absolute Gasteiger partial charge is 0.351 e. The first-order chi connectivity index (χ1) is 9.60. The molecule has 0 bridgehead atoms. The number of aryl methyl sites for hydroxylation is 2. The van der Waals surface area contributed by atoms with Crippen LogP contribution in [0.25, 0.3) is 0 Å². The van der Waals surface area contributed by atoms with Crippen molar-refractivity contribution in [2.24, 2.45) is 0 Å². The van der Waals surface area contributed by atoms with Gasteiger partial charge in [0.2, 0.25) is 5.95 Å². The van der Waals surface area contributed by atoms with Crippen molar-refractivity contribution < 1.29 is 8.78 Å². The average Bonchev–Trinajstić information content (AvgIpc) is 2.75. The Bertz CT molecular complexity index is 578. The molecule has 0 saturated heterocycles.